The molecule has 162 valence electrons. The maximum Gasteiger partial charge on any atom is 0.313 e. The van der Waals surface area contributed by atoms with Crippen LogP contribution in [0, 0.1) is 5.41 Å². The Kier molecular flexibility index (Phi) is 6.72. The number of carboxylic acid groups (broad SMARTS) is 1. The van der Waals surface area contributed by atoms with Gasteiger partial charge in [-0.1, -0.05) is 18.2 Å². The minimum atomic E-state index is -3.46. The van der Waals surface area contributed by atoms with Gasteiger partial charge in [-0.05, 0) is 23.3 Å². The van der Waals surface area contributed by atoms with Crippen molar-refractivity contribution in [3.05, 3.63) is 0 Å². The zero-order valence-electron chi connectivity index (χ0n) is 15.5. The topological polar surface area (TPSA) is 187 Å². The fourth-order valence-electron chi connectivity index (χ4n) is 3.19. The number of aryl methyl sites for hydroxylation is 1. The lowest BCUT2D eigenvalue weighted by Crippen LogP contribution is -2.72. The monoisotopic (exact) mass is 465 g/mol. The molecule has 0 aromatic carbocycles. The van der Waals surface area contributed by atoms with Gasteiger partial charge in [0.05, 0.1) is 5.75 Å². The van der Waals surface area contributed by atoms with Crippen LogP contribution in [0.5, 0.6) is 0 Å². The summed E-state index contributed by atoms with van der Waals surface area (Å²) in [6.45, 7) is 0.602. The Bertz CT molecular complexity index is 879. The van der Waals surface area contributed by atoms with Gasteiger partial charge in [0.1, 0.15) is 16.8 Å². The number of carbonyl (C=O) groups is 2. The third-order valence-corrected chi connectivity index (χ3v) is 8.63. The fraction of sp³-hybridized carbons (Fsp3) is 0.786. The van der Waals surface area contributed by atoms with Gasteiger partial charge in [0.25, 0.3) is 0 Å². The number of amides is 1. The molecule has 12 nitrogen and oxygen atoms in total. The van der Waals surface area contributed by atoms with Crippen molar-refractivity contribution in [2.45, 2.75) is 42.4 Å². The quantitative estimate of drug-likeness (QED) is 0.208. The number of nitrogens with zero attached hydrogens (tertiary/aromatic N) is 5. The second kappa shape index (κ2) is 8.75. The minimum absolute atomic E-state index is 0.0666. The van der Waals surface area contributed by atoms with E-state index in [2.05, 4.69) is 15.5 Å². The molecule has 2 aliphatic heterocycles. The first kappa shape index (κ1) is 22.3. The van der Waals surface area contributed by atoms with Crippen molar-refractivity contribution in [3.63, 3.8) is 0 Å². The Hall–Kier alpha value is -1.42. The fourth-order valence-corrected chi connectivity index (χ4v) is 6.51. The summed E-state index contributed by atoms with van der Waals surface area (Å²) in [6, 6.07) is -0.555. The molecule has 2 fully saturated rings. The summed E-state index contributed by atoms with van der Waals surface area (Å²) in [6.07, 6.45) is 1.76. The number of β-lactam (4-membered cyclic amide) rings is 1. The standard InChI is InChI=1S/C14H23N7O5S3/c15-9-10(22)20-6-14(12(23)24,7-27-11(9)20)8-28-13-17-18-19-21(13)4-2-1-3-5-29(16,25)26/h9,11H,1-8,15H2,(H,23,24)(H2,16,25,26)/t9?,11-,14?/m1/s1. The van der Waals surface area contributed by atoms with Gasteiger partial charge < -0.3 is 15.7 Å². The normalized spacial score (nSPS) is 26.8. The smallest absolute Gasteiger partial charge is 0.313 e. The third kappa shape index (κ3) is 5.02. The van der Waals surface area contributed by atoms with Crippen LogP contribution in [0.3, 0.4) is 0 Å². The Morgan fingerprint density at radius 3 is 2.83 bits per heavy atom. The van der Waals surface area contributed by atoms with Crippen LogP contribution in [0.2, 0.25) is 0 Å². The van der Waals surface area contributed by atoms with Crippen molar-refractivity contribution in [2.75, 3.05) is 23.8 Å². The largest absolute Gasteiger partial charge is 0.481 e. The number of tetrazole rings is 1. The highest BCUT2D eigenvalue weighted by Crippen LogP contribution is 2.43. The molecule has 15 heteroatoms. The van der Waals surface area contributed by atoms with Gasteiger partial charge in [-0.15, -0.1) is 16.9 Å². The number of primary sulfonamides is 1. The summed E-state index contributed by atoms with van der Waals surface area (Å²) in [4.78, 5) is 25.5. The first-order chi connectivity index (χ1) is 13.6. The molecule has 5 N–H and O–H groups in total. The molecule has 0 radical (unpaired) electrons. The van der Waals surface area contributed by atoms with Crippen LogP contribution in [-0.4, -0.2) is 85.7 Å². The van der Waals surface area contributed by atoms with Gasteiger partial charge in [-0.2, -0.15) is 0 Å². The highest BCUT2D eigenvalue weighted by Gasteiger charge is 2.55. The molecule has 0 saturated carbocycles. The van der Waals surface area contributed by atoms with E-state index in [1.807, 2.05) is 0 Å². The predicted octanol–water partition coefficient (Wildman–Crippen LogP) is -1.46. The molecular weight excluding hydrogens is 442 g/mol. The van der Waals surface area contributed by atoms with E-state index in [4.69, 9.17) is 10.9 Å². The van der Waals surface area contributed by atoms with Crippen molar-refractivity contribution < 1.29 is 23.1 Å². The molecule has 29 heavy (non-hydrogen) atoms. The number of carboxylic acids is 1. The maximum atomic E-state index is 12.0. The Labute approximate surface area is 176 Å². The highest BCUT2D eigenvalue weighted by molar-refractivity contribution is 8.00. The van der Waals surface area contributed by atoms with Crippen molar-refractivity contribution in [1.29, 1.82) is 0 Å². The average molecular weight is 466 g/mol. The van der Waals surface area contributed by atoms with E-state index in [9.17, 15) is 23.1 Å². The van der Waals surface area contributed by atoms with Gasteiger partial charge >= 0.3 is 5.97 Å². The number of unbranched alkanes of at least 4 members (excludes halogenated alkanes) is 2. The van der Waals surface area contributed by atoms with Crippen LogP contribution < -0.4 is 10.9 Å². The molecule has 3 heterocycles. The van der Waals surface area contributed by atoms with Crippen molar-refractivity contribution >= 4 is 45.4 Å². The first-order valence-electron chi connectivity index (χ1n) is 8.93. The number of fused-ring (bicyclic) bond motifs is 1. The molecule has 2 aliphatic rings. The molecule has 3 atom stereocenters. The van der Waals surface area contributed by atoms with E-state index in [-0.39, 0.29) is 29.3 Å². The summed E-state index contributed by atoms with van der Waals surface area (Å²) in [5.74, 6) is -0.684. The van der Waals surface area contributed by atoms with Gasteiger partial charge in [-0.3, -0.25) is 9.59 Å². The molecule has 2 unspecified atom stereocenters. The number of rotatable bonds is 10. The SMILES string of the molecule is NC1C(=O)N2CC(CSc3nnnn3CCCCCS(N)(=O)=O)(C(=O)O)CS[C@H]12. The summed E-state index contributed by atoms with van der Waals surface area (Å²) in [5, 5.41) is 26.6. The van der Waals surface area contributed by atoms with E-state index in [0.29, 0.717) is 36.7 Å². The van der Waals surface area contributed by atoms with Gasteiger partial charge in [-0.25, -0.2) is 18.2 Å². The van der Waals surface area contributed by atoms with Crippen LogP contribution in [0.4, 0.5) is 0 Å². The van der Waals surface area contributed by atoms with E-state index in [1.165, 1.54) is 28.4 Å². The number of hydrogen-bond donors (Lipinski definition) is 3. The number of nitrogens with two attached hydrogens (primary N) is 2. The lowest BCUT2D eigenvalue weighted by Gasteiger charge is -2.52. The average Bonchev–Trinajstić information content (AvgIpc) is 3.11. The minimum Gasteiger partial charge on any atom is -0.481 e. The van der Waals surface area contributed by atoms with Gasteiger partial charge in [0.15, 0.2) is 0 Å². The van der Waals surface area contributed by atoms with Crippen LogP contribution in [0.15, 0.2) is 5.16 Å². The molecule has 3 rings (SSSR count). The lowest BCUT2D eigenvalue weighted by atomic mass is 9.89. The highest BCUT2D eigenvalue weighted by atomic mass is 32.2. The zero-order chi connectivity index (χ0) is 21.2. The number of hydrogen-bond acceptors (Lipinski definition) is 10. The number of aromatic nitrogens is 4. The Morgan fingerprint density at radius 1 is 1.38 bits per heavy atom. The third-order valence-electron chi connectivity index (χ3n) is 4.92. The number of sulfonamides is 1. The van der Waals surface area contributed by atoms with E-state index in [1.54, 1.807) is 4.68 Å². The molecule has 2 saturated heterocycles. The van der Waals surface area contributed by atoms with E-state index >= 15 is 0 Å². The van der Waals surface area contributed by atoms with Crippen LogP contribution >= 0.6 is 23.5 Å². The van der Waals surface area contributed by atoms with Crippen LogP contribution in [-0.2, 0) is 26.2 Å². The van der Waals surface area contributed by atoms with Gasteiger partial charge in [0, 0.05) is 24.6 Å². The first-order valence-corrected chi connectivity index (χ1v) is 12.7. The Morgan fingerprint density at radius 2 is 2.14 bits per heavy atom. The van der Waals surface area contributed by atoms with Crippen molar-refractivity contribution in [2.24, 2.45) is 16.3 Å². The van der Waals surface area contributed by atoms with Gasteiger partial charge in [0.2, 0.25) is 21.1 Å². The number of thioether (sulfide) groups is 2. The number of aliphatic carboxylic acids is 1. The number of carbonyl (C=O) groups excluding carboxylic acids is 1. The van der Waals surface area contributed by atoms with Crippen LogP contribution in [0.1, 0.15) is 19.3 Å². The summed E-state index contributed by atoms with van der Waals surface area (Å²) in [7, 11) is -3.46. The second-order valence-corrected chi connectivity index (χ2v) is 11.0. The molecule has 0 aliphatic carbocycles. The summed E-state index contributed by atoms with van der Waals surface area (Å²) >= 11 is 2.62. The second-order valence-electron chi connectivity index (χ2n) is 7.18. The zero-order valence-corrected chi connectivity index (χ0v) is 18.0. The summed E-state index contributed by atoms with van der Waals surface area (Å²) < 4.78 is 23.4. The molecule has 1 aromatic heterocycles. The molecule has 1 aromatic rings. The molecule has 0 spiro atoms. The molecule has 1 amide bonds. The van der Waals surface area contributed by atoms with E-state index in [0.717, 1.165) is 0 Å². The molecule has 0 bridgehead atoms. The predicted molar refractivity (Wildman–Crippen MR) is 106 cm³/mol. The lowest BCUT2D eigenvalue weighted by molar-refractivity contribution is -0.155. The van der Waals surface area contributed by atoms with Crippen molar-refractivity contribution in [1.82, 2.24) is 25.1 Å². The maximum absolute atomic E-state index is 12.0. The summed E-state index contributed by atoms with van der Waals surface area (Å²) in [5.41, 5.74) is 4.67. The van der Waals surface area contributed by atoms with Crippen LogP contribution in [0.25, 0.3) is 0 Å². The Balaban J connectivity index is 1.54. The van der Waals surface area contributed by atoms with Crippen molar-refractivity contribution in [3.8, 4) is 0 Å². The molecular formula is C14H23N7O5S3. The van der Waals surface area contributed by atoms with E-state index < -0.39 is 27.4 Å².